The van der Waals surface area contributed by atoms with Crippen molar-refractivity contribution in [3.05, 3.63) is 11.6 Å². The summed E-state index contributed by atoms with van der Waals surface area (Å²) in [6, 6.07) is 0. The van der Waals surface area contributed by atoms with E-state index in [9.17, 15) is 4.79 Å². The van der Waals surface area contributed by atoms with Gasteiger partial charge in [0.25, 0.3) is 0 Å². The third kappa shape index (κ3) is 3.47. The van der Waals surface area contributed by atoms with Crippen LogP contribution in [0.2, 0.25) is 0 Å². The van der Waals surface area contributed by atoms with Gasteiger partial charge >= 0.3 is 5.97 Å². The smallest absolute Gasteiger partial charge is 0.347 e. The van der Waals surface area contributed by atoms with Crippen molar-refractivity contribution >= 4 is 5.97 Å². The zero-order chi connectivity index (χ0) is 8.69. The molecule has 0 aliphatic rings. The summed E-state index contributed by atoms with van der Waals surface area (Å²) < 4.78 is 4.37. The SMILES string of the molecule is C#COC(=O)/C(=C\CC)CC. The Morgan fingerprint density at radius 2 is 2.27 bits per heavy atom. The fourth-order valence-corrected chi connectivity index (χ4v) is 0.737. The molecular formula is C9H12O2. The number of terminal acetylenes is 1. The summed E-state index contributed by atoms with van der Waals surface area (Å²) >= 11 is 0. The molecule has 0 aliphatic carbocycles. The Morgan fingerprint density at radius 1 is 1.64 bits per heavy atom. The molecule has 0 N–H and O–H groups in total. The lowest BCUT2D eigenvalue weighted by atomic mass is 10.2. The molecule has 0 unspecified atom stereocenters. The maximum absolute atomic E-state index is 10.9. The number of rotatable bonds is 3. The van der Waals surface area contributed by atoms with Gasteiger partial charge in [-0.15, -0.1) is 0 Å². The third-order valence-electron chi connectivity index (χ3n) is 1.25. The molecule has 0 heterocycles. The summed E-state index contributed by atoms with van der Waals surface area (Å²) in [7, 11) is 0. The number of hydrogen-bond acceptors (Lipinski definition) is 2. The summed E-state index contributed by atoms with van der Waals surface area (Å²) in [5.74, 6) is -0.406. The van der Waals surface area contributed by atoms with Crippen molar-refractivity contribution in [3.8, 4) is 12.5 Å². The largest absolute Gasteiger partial charge is 0.369 e. The van der Waals surface area contributed by atoms with E-state index in [2.05, 4.69) is 4.74 Å². The Morgan fingerprint density at radius 3 is 2.64 bits per heavy atom. The van der Waals surface area contributed by atoms with Crippen LogP contribution in [0.4, 0.5) is 0 Å². The second-order valence-electron chi connectivity index (χ2n) is 2.00. The molecule has 11 heavy (non-hydrogen) atoms. The molecule has 0 atom stereocenters. The monoisotopic (exact) mass is 152 g/mol. The Balaban J connectivity index is 4.17. The van der Waals surface area contributed by atoms with Crippen LogP contribution >= 0.6 is 0 Å². The first kappa shape index (κ1) is 9.77. The van der Waals surface area contributed by atoms with E-state index >= 15 is 0 Å². The van der Waals surface area contributed by atoms with Gasteiger partial charge in [-0.05, 0) is 12.8 Å². The van der Waals surface area contributed by atoms with E-state index in [4.69, 9.17) is 6.42 Å². The minimum atomic E-state index is -0.406. The number of carbonyl (C=O) groups excluding carboxylic acids is 1. The van der Waals surface area contributed by atoms with E-state index in [-0.39, 0.29) is 0 Å². The molecule has 0 saturated carbocycles. The van der Waals surface area contributed by atoms with Gasteiger partial charge in [0, 0.05) is 5.57 Å². The number of allylic oxidation sites excluding steroid dienone is 1. The van der Waals surface area contributed by atoms with Gasteiger partial charge in [-0.2, -0.15) is 0 Å². The average Bonchev–Trinajstić information content (AvgIpc) is 2.00. The highest BCUT2D eigenvalue weighted by molar-refractivity contribution is 5.88. The summed E-state index contributed by atoms with van der Waals surface area (Å²) in [5, 5.41) is 0. The minimum Gasteiger partial charge on any atom is -0.369 e. The van der Waals surface area contributed by atoms with Crippen molar-refractivity contribution in [1.82, 2.24) is 0 Å². The van der Waals surface area contributed by atoms with Gasteiger partial charge in [-0.1, -0.05) is 26.3 Å². The first-order valence-electron chi connectivity index (χ1n) is 3.62. The average molecular weight is 152 g/mol. The standard InChI is InChI=1S/C9H12O2/c1-4-7-8(5-2)9(10)11-6-3/h3,7H,4-5H2,1-2H3/b8-7-. The molecule has 0 aromatic rings. The first-order valence-corrected chi connectivity index (χ1v) is 3.62. The second-order valence-corrected chi connectivity index (χ2v) is 2.00. The maximum Gasteiger partial charge on any atom is 0.347 e. The molecule has 0 rings (SSSR count). The van der Waals surface area contributed by atoms with E-state index in [1.807, 2.05) is 26.0 Å². The van der Waals surface area contributed by atoms with E-state index in [0.717, 1.165) is 6.42 Å². The van der Waals surface area contributed by atoms with Gasteiger partial charge in [-0.3, -0.25) is 0 Å². The lowest BCUT2D eigenvalue weighted by Gasteiger charge is -1.98. The molecular weight excluding hydrogens is 140 g/mol. The van der Waals surface area contributed by atoms with E-state index in [1.165, 1.54) is 0 Å². The number of esters is 1. The third-order valence-corrected chi connectivity index (χ3v) is 1.25. The molecule has 0 bridgehead atoms. The Kier molecular flexibility index (Phi) is 4.93. The minimum absolute atomic E-state index is 0.406. The van der Waals surface area contributed by atoms with Crippen molar-refractivity contribution in [3.63, 3.8) is 0 Å². The van der Waals surface area contributed by atoms with E-state index in [0.29, 0.717) is 12.0 Å². The first-order chi connectivity index (χ1) is 5.26. The van der Waals surface area contributed by atoms with Crippen LogP contribution in [0.1, 0.15) is 26.7 Å². The van der Waals surface area contributed by atoms with Crippen LogP contribution in [0, 0.1) is 12.5 Å². The van der Waals surface area contributed by atoms with Crippen LogP contribution in [-0.2, 0) is 9.53 Å². The highest BCUT2D eigenvalue weighted by atomic mass is 16.5. The Hall–Kier alpha value is -1.23. The van der Waals surface area contributed by atoms with Gasteiger partial charge in [-0.25, -0.2) is 4.79 Å². The second kappa shape index (κ2) is 5.55. The van der Waals surface area contributed by atoms with Crippen molar-refractivity contribution in [2.75, 3.05) is 0 Å². The summed E-state index contributed by atoms with van der Waals surface area (Å²) in [6.45, 7) is 3.85. The zero-order valence-electron chi connectivity index (χ0n) is 6.89. The van der Waals surface area contributed by atoms with Gasteiger partial charge < -0.3 is 4.74 Å². The molecule has 2 nitrogen and oxygen atoms in total. The molecule has 0 amide bonds. The molecule has 2 heteroatoms. The molecule has 0 saturated heterocycles. The van der Waals surface area contributed by atoms with Crippen LogP contribution in [0.3, 0.4) is 0 Å². The molecule has 0 radical (unpaired) electrons. The van der Waals surface area contributed by atoms with Gasteiger partial charge in [0.05, 0.1) is 0 Å². The van der Waals surface area contributed by atoms with Crippen molar-refractivity contribution in [2.45, 2.75) is 26.7 Å². The van der Waals surface area contributed by atoms with Crippen LogP contribution in [0.5, 0.6) is 0 Å². The molecule has 60 valence electrons. The molecule has 0 aromatic carbocycles. The van der Waals surface area contributed by atoms with Gasteiger partial charge in [0.15, 0.2) is 0 Å². The number of hydrogen-bond donors (Lipinski definition) is 0. The molecule has 0 aliphatic heterocycles. The fourth-order valence-electron chi connectivity index (χ4n) is 0.737. The highest BCUT2D eigenvalue weighted by Crippen LogP contribution is 2.03. The maximum atomic E-state index is 10.9. The Labute approximate surface area is 67.2 Å². The molecule has 0 fully saturated rings. The lowest BCUT2D eigenvalue weighted by Crippen LogP contribution is -2.03. The number of ether oxygens (including phenoxy) is 1. The van der Waals surface area contributed by atoms with Crippen LogP contribution in [0.15, 0.2) is 11.6 Å². The normalized spacial score (nSPS) is 10.5. The van der Waals surface area contributed by atoms with Crippen LogP contribution < -0.4 is 0 Å². The fraction of sp³-hybridized carbons (Fsp3) is 0.444. The lowest BCUT2D eigenvalue weighted by molar-refractivity contribution is -0.132. The van der Waals surface area contributed by atoms with Crippen molar-refractivity contribution < 1.29 is 9.53 Å². The predicted octanol–water partition coefficient (Wildman–Crippen LogP) is 1.87. The summed E-state index contributed by atoms with van der Waals surface area (Å²) in [5.41, 5.74) is 0.644. The Bertz CT molecular complexity index is 196. The van der Waals surface area contributed by atoms with Gasteiger partial charge in [0.1, 0.15) is 6.11 Å². The van der Waals surface area contributed by atoms with E-state index < -0.39 is 5.97 Å². The zero-order valence-corrected chi connectivity index (χ0v) is 6.89. The van der Waals surface area contributed by atoms with E-state index in [1.54, 1.807) is 0 Å². The summed E-state index contributed by atoms with van der Waals surface area (Å²) in [4.78, 5) is 10.9. The molecule has 0 aromatic heterocycles. The molecule has 0 spiro atoms. The summed E-state index contributed by atoms with van der Waals surface area (Å²) in [6.07, 6.45) is 9.95. The van der Waals surface area contributed by atoms with Crippen molar-refractivity contribution in [2.24, 2.45) is 0 Å². The van der Waals surface area contributed by atoms with Crippen LogP contribution in [0.25, 0.3) is 0 Å². The van der Waals surface area contributed by atoms with Crippen LogP contribution in [-0.4, -0.2) is 5.97 Å². The highest BCUT2D eigenvalue weighted by Gasteiger charge is 2.05. The van der Waals surface area contributed by atoms with Crippen molar-refractivity contribution in [1.29, 1.82) is 0 Å². The predicted molar refractivity (Wildman–Crippen MR) is 43.6 cm³/mol. The topological polar surface area (TPSA) is 26.3 Å². The van der Waals surface area contributed by atoms with Gasteiger partial charge in [0.2, 0.25) is 0 Å². The number of carbonyl (C=O) groups is 1. The quantitative estimate of drug-likeness (QED) is 0.350.